The zero-order valence-electron chi connectivity index (χ0n) is 13.0. The summed E-state index contributed by atoms with van der Waals surface area (Å²) in [6.07, 6.45) is 4.18. The Labute approximate surface area is 121 Å². The van der Waals surface area contributed by atoms with Crippen LogP contribution in [0.1, 0.15) is 44.9 Å². The van der Waals surface area contributed by atoms with Gasteiger partial charge in [-0.25, -0.2) is 0 Å². The SMILES string of the molecule is Cn1cc(CNCCNC(=O)C2CC2)c(C(C)(C)C)n1. The molecule has 1 aromatic rings. The Bertz CT molecular complexity index is 469. The number of amides is 1. The molecule has 0 atom stereocenters. The minimum absolute atomic E-state index is 0.0540. The Hall–Kier alpha value is -1.36. The first-order chi connectivity index (χ1) is 9.38. The molecule has 1 aromatic heterocycles. The van der Waals surface area contributed by atoms with E-state index in [0.717, 1.165) is 31.6 Å². The van der Waals surface area contributed by atoms with Gasteiger partial charge < -0.3 is 10.6 Å². The Balaban J connectivity index is 1.74. The minimum Gasteiger partial charge on any atom is -0.355 e. The molecule has 5 nitrogen and oxygen atoms in total. The molecule has 2 rings (SSSR count). The molecule has 1 aliphatic carbocycles. The van der Waals surface area contributed by atoms with Crippen LogP contribution in [0.15, 0.2) is 6.20 Å². The predicted molar refractivity (Wildman–Crippen MR) is 79.3 cm³/mol. The summed E-state index contributed by atoms with van der Waals surface area (Å²) >= 11 is 0. The maximum Gasteiger partial charge on any atom is 0.223 e. The topological polar surface area (TPSA) is 59.0 Å². The second-order valence-corrected chi connectivity index (χ2v) is 6.67. The van der Waals surface area contributed by atoms with Gasteiger partial charge in [-0.1, -0.05) is 20.8 Å². The van der Waals surface area contributed by atoms with Gasteiger partial charge >= 0.3 is 0 Å². The number of aryl methyl sites for hydroxylation is 1. The van der Waals surface area contributed by atoms with Gasteiger partial charge in [-0.2, -0.15) is 5.10 Å². The molecule has 1 saturated carbocycles. The van der Waals surface area contributed by atoms with Crippen LogP contribution in [0.5, 0.6) is 0 Å². The highest BCUT2D eigenvalue weighted by molar-refractivity contribution is 5.80. The number of hydrogen-bond acceptors (Lipinski definition) is 3. The van der Waals surface area contributed by atoms with Crippen molar-refractivity contribution < 1.29 is 4.79 Å². The van der Waals surface area contributed by atoms with Crippen molar-refractivity contribution >= 4 is 5.91 Å². The fourth-order valence-corrected chi connectivity index (χ4v) is 2.29. The number of hydrogen-bond donors (Lipinski definition) is 2. The van der Waals surface area contributed by atoms with E-state index in [-0.39, 0.29) is 11.3 Å². The predicted octanol–water partition coefficient (Wildman–Crippen LogP) is 1.33. The van der Waals surface area contributed by atoms with Crippen LogP contribution in [0.25, 0.3) is 0 Å². The molecule has 5 heteroatoms. The third kappa shape index (κ3) is 4.07. The maximum atomic E-state index is 11.5. The highest BCUT2D eigenvalue weighted by Crippen LogP contribution is 2.28. The molecule has 0 aliphatic heterocycles. The van der Waals surface area contributed by atoms with Crippen LogP contribution >= 0.6 is 0 Å². The smallest absolute Gasteiger partial charge is 0.223 e. The van der Waals surface area contributed by atoms with Crippen molar-refractivity contribution in [2.45, 2.75) is 45.6 Å². The molecule has 1 heterocycles. The van der Waals surface area contributed by atoms with Crippen LogP contribution < -0.4 is 10.6 Å². The number of carbonyl (C=O) groups excluding carboxylic acids is 1. The summed E-state index contributed by atoms with van der Waals surface area (Å²) in [5.41, 5.74) is 2.42. The third-order valence-corrected chi connectivity index (χ3v) is 3.48. The van der Waals surface area contributed by atoms with Crippen molar-refractivity contribution in [3.63, 3.8) is 0 Å². The molecule has 1 fully saturated rings. The first-order valence-corrected chi connectivity index (χ1v) is 7.39. The van der Waals surface area contributed by atoms with Gasteiger partial charge in [0, 0.05) is 49.8 Å². The molecule has 20 heavy (non-hydrogen) atoms. The van der Waals surface area contributed by atoms with Gasteiger partial charge in [0.1, 0.15) is 0 Å². The largest absolute Gasteiger partial charge is 0.355 e. The zero-order valence-corrected chi connectivity index (χ0v) is 13.0. The van der Waals surface area contributed by atoms with Gasteiger partial charge in [0.05, 0.1) is 5.69 Å². The second-order valence-electron chi connectivity index (χ2n) is 6.67. The summed E-state index contributed by atoms with van der Waals surface area (Å²) in [6, 6.07) is 0. The third-order valence-electron chi connectivity index (χ3n) is 3.48. The number of aromatic nitrogens is 2. The first-order valence-electron chi connectivity index (χ1n) is 7.39. The van der Waals surface area contributed by atoms with E-state index in [2.05, 4.69) is 42.7 Å². The fraction of sp³-hybridized carbons (Fsp3) is 0.733. The van der Waals surface area contributed by atoms with Crippen LogP contribution in [0.3, 0.4) is 0 Å². The van der Waals surface area contributed by atoms with Gasteiger partial charge in [0.15, 0.2) is 0 Å². The lowest BCUT2D eigenvalue weighted by Crippen LogP contribution is -2.32. The summed E-state index contributed by atoms with van der Waals surface area (Å²) in [6.45, 7) is 8.80. The van der Waals surface area contributed by atoms with E-state index in [1.54, 1.807) is 0 Å². The van der Waals surface area contributed by atoms with E-state index >= 15 is 0 Å². The molecule has 1 amide bonds. The molecule has 1 aliphatic rings. The first kappa shape index (κ1) is 15.0. The van der Waals surface area contributed by atoms with E-state index in [4.69, 9.17) is 0 Å². The van der Waals surface area contributed by atoms with Crippen LogP contribution in [-0.2, 0) is 23.8 Å². The molecule has 0 unspecified atom stereocenters. The van der Waals surface area contributed by atoms with Gasteiger partial charge in [-0.3, -0.25) is 9.48 Å². The molecular weight excluding hydrogens is 252 g/mol. The highest BCUT2D eigenvalue weighted by atomic mass is 16.2. The molecule has 0 spiro atoms. The van der Waals surface area contributed by atoms with Gasteiger partial charge in [0.2, 0.25) is 5.91 Å². The molecule has 0 radical (unpaired) electrons. The van der Waals surface area contributed by atoms with E-state index in [1.807, 2.05) is 11.7 Å². The number of rotatable bonds is 6. The average Bonchev–Trinajstić information content (AvgIpc) is 3.11. The summed E-state index contributed by atoms with van der Waals surface area (Å²) in [4.78, 5) is 11.5. The summed E-state index contributed by atoms with van der Waals surface area (Å²) in [7, 11) is 1.95. The van der Waals surface area contributed by atoms with Crippen LogP contribution in [0, 0.1) is 5.92 Å². The van der Waals surface area contributed by atoms with Crippen molar-refractivity contribution in [1.82, 2.24) is 20.4 Å². The molecule has 0 aromatic carbocycles. The lowest BCUT2D eigenvalue weighted by atomic mass is 9.89. The van der Waals surface area contributed by atoms with E-state index in [1.165, 1.54) is 5.56 Å². The van der Waals surface area contributed by atoms with Crippen molar-refractivity contribution in [3.8, 4) is 0 Å². The van der Waals surface area contributed by atoms with Crippen molar-refractivity contribution in [2.24, 2.45) is 13.0 Å². The lowest BCUT2D eigenvalue weighted by Gasteiger charge is -2.17. The minimum atomic E-state index is 0.0540. The molecule has 0 bridgehead atoms. The van der Waals surface area contributed by atoms with Gasteiger partial charge in [-0.15, -0.1) is 0 Å². The second kappa shape index (κ2) is 5.95. The summed E-state index contributed by atoms with van der Waals surface area (Å²) in [5, 5.41) is 10.9. The van der Waals surface area contributed by atoms with E-state index in [9.17, 15) is 4.79 Å². The fourth-order valence-electron chi connectivity index (χ4n) is 2.29. The summed E-state index contributed by atoms with van der Waals surface area (Å²) < 4.78 is 1.87. The Morgan fingerprint density at radius 1 is 1.40 bits per heavy atom. The van der Waals surface area contributed by atoms with Crippen LogP contribution in [0.4, 0.5) is 0 Å². The van der Waals surface area contributed by atoms with Crippen molar-refractivity contribution in [3.05, 3.63) is 17.5 Å². The average molecular weight is 278 g/mol. The molecule has 2 N–H and O–H groups in total. The maximum absolute atomic E-state index is 11.5. The van der Waals surface area contributed by atoms with Crippen LogP contribution in [-0.4, -0.2) is 28.8 Å². The summed E-state index contributed by atoms with van der Waals surface area (Å²) in [5.74, 6) is 0.504. The quantitative estimate of drug-likeness (QED) is 0.772. The Morgan fingerprint density at radius 2 is 2.10 bits per heavy atom. The van der Waals surface area contributed by atoms with Gasteiger partial charge in [0.25, 0.3) is 0 Å². The van der Waals surface area contributed by atoms with Gasteiger partial charge in [-0.05, 0) is 12.8 Å². The zero-order chi connectivity index (χ0) is 14.8. The van der Waals surface area contributed by atoms with Crippen LogP contribution in [0.2, 0.25) is 0 Å². The highest BCUT2D eigenvalue weighted by Gasteiger charge is 2.29. The molecule has 0 saturated heterocycles. The Kier molecular flexibility index (Phi) is 4.48. The number of nitrogens with zero attached hydrogens (tertiary/aromatic N) is 2. The molecular formula is C15H26N4O. The number of nitrogens with one attached hydrogen (secondary N) is 2. The standard InChI is InChI=1S/C15H26N4O/c1-15(2,3)13-12(10-19(4)18-13)9-16-7-8-17-14(20)11-5-6-11/h10-11,16H,5-9H2,1-4H3,(H,17,20). The van der Waals surface area contributed by atoms with Crippen molar-refractivity contribution in [1.29, 1.82) is 0 Å². The number of carbonyl (C=O) groups is 1. The molecule has 112 valence electrons. The Morgan fingerprint density at radius 3 is 2.70 bits per heavy atom. The monoisotopic (exact) mass is 278 g/mol. The van der Waals surface area contributed by atoms with E-state index < -0.39 is 0 Å². The lowest BCUT2D eigenvalue weighted by molar-refractivity contribution is -0.122. The van der Waals surface area contributed by atoms with Crippen molar-refractivity contribution in [2.75, 3.05) is 13.1 Å². The normalized spacial score (nSPS) is 15.4. The van der Waals surface area contributed by atoms with E-state index in [0.29, 0.717) is 12.5 Å².